The van der Waals surface area contributed by atoms with Crippen LogP contribution in [-0.2, 0) is 6.54 Å². The van der Waals surface area contributed by atoms with E-state index >= 15 is 0 Å². The van der Waals surface area contributed by atoms with Gasteiger partial charge in [-0.15, -0.1) is 0 Å². The van der Waals surface area contributed by atoms with Crippen LogP contribution in [-0.4, -0.2) is 22.6 Å². The number of benzene rings is 2. The molecule has 1 aliphatic carbocycles. The number of aryl methyl sites for hydroxylation is 1. The van der Waals surface area contributed by atoms with Crippen molar-refractivity contribution in [2.75, 3.05) is 0 Å². The molecule has 4 nitrogen and oxygen atoms in total. The topological polar surface area (TPSA) is 51.5 Å². The molecule has 2 aliphatic rings. The number of Topliss-reactive ketones (excluding diaryl/α,β-unsaturated/α-hetero) is 1. The standard InChI is InChI=1S/C28H27FN2O2/c1-18-13-21(11-12-30-18)28-24-16-20(9-10-22(24)17-31-28)26(32)15-19-5-4-6-23(14-19)33-27-8-3-2-7-25(27)29/h2-3,7-13,16,19,23H,4-6,14-15,17H2,1H3. The van der Waals surface area contributed by atoms with Crippen LogP contribution in [0.2, 0.25) is 0 Å². The van der Waals surface area contributed by atoms with Gasteiger partial charge in [0.25, 0.3) is 0 Å². The van der Waals surface area contributed by atoms with E-state index in [0.29, 0.717) is 18.7 Å². The van der Waals surface area contributed by atoms with Crippen molar-refractivity contribution in [2.45, 2.75) is 51.7 Å². The molecule has 0 saturated heterocycles. The van der Waals surface area contributed by atoms with Crippen LogP contribution in [0.4, 0.5) is 4.39 Å². The van der Waals surface area contributed by atoms with Crippen LogP contribution in [0.25, 0.3) is 0 Å². The first-order chi connectivity index (χ1) is 16.1. The van der Waals surface area contributed by atoms with Gasteiger partial charge in [0.15, 0.2) is 17.3 Å². The first kappa shape index (κ1) is 21.5. The molecule has 168 valence electrons. The van der Waals surface area contributed by atoms with Crippen LogP contribution < -0.4 is 4.74 Å². The zero-order valence-corrected chi connectivity index (χ0v) is 18.8. The second-order valence-electron chi connectivity index (χ2n) is 9.05. The predicted molar refractivity (Wildman–Crippen MR) is 126 cm³/mol. The lowest BCUT2D eigenvalue weighted by atomic mass is 9.82. The highest BCUT2D eigenvalue weighted by Crippen LogP contribution is 2.32. The Bertz CT molecular complexity index is 1220. The molecule has 1 aliphatic heterocycles. The van der Waals surface area contributed by atoms with E-state index in [-0.39, 0.29) is 23.6 Å². The van der Waals surface area contributed by atoms with E-state index in [1.807, 2.05) is 37.3 Å². The largest absolute Gasteiger partial charge is 0.487 e. The lowest BCUT2D eigenvalue weighted by Gasteiger charge is -2.29. The Morgan fingerprint density at radius 2 is 2.00 bits per heavy atom. The highest BCUT2D eigenvalue weighted by molar-refractivity contribution is 6.16. The van der Waals surface area contributed by atoms with Crippen LogP contribution in [0.1, 0.15) is 64.8 Å². The number of carbonyl (C=O) groups is 1. The average molecular weight is 443 g/mol. The maximum Gasteiger partial charge on any atom is 0.165 e. The minimum Gasteiger partial charge on any atom is -0.487 e. The van der Waals surface area contributed by atoms with E-state index in [9.17, 15) is 9.18 Å². The van der Waals surface area contributed by atoms with Gasteiger partial charge >= 0.3 is 0 Å². The summed E-state index contributed by atoms with van der Waals surface area (Å²) in [5.41, 5.74) is 5.82. The summed E-state index contributed by atoms with van der Waals surface area (Å²) in [7, 11) is 0. The van der Waals surface area contributed by atoms with Crippen molar-refractivity contribution >= 4 is 11.5 Å². The van der Waals surface area contributed by atoms with E-state index in [2.05, 4.69) is 4.98 Å². The number of rotatable bonds is 6. The van der Waals surface area contributed by atoms with Crippen LogP contribution in [0.15, 0.2) is 65.8 Å². The monoisotopic (exact) mass is 442 g/mol. The fraction of sp³-hybridized carbons (Fsp3) is 0.321. The zero-order chi connectivity index (χ0) is 22.8. The van der Waals surface area contributed by atoms with Crippen molar-refractivity contribution in [2.24, 2.45) is 10.9 Å². The Hall–Kier alpha value is -3.34. The molecule has 33 heavy (non-hydrogen) atoms. The van der Waals surface area contributed by atoms with Crippen LogP contribution in [0, 0.1) is 18.7 Å². The molecule has 0 bridgehead atoms. The van der Waals surface area contributed by atoms with E-state index in [1.54, 1.807) is 24.4 Å². The van der Waals surface area contributed by atoms with Crippen molar-refractivity contribution in [1.29, 1.82) is 0 Å². The Kier molecular flexibility index (Phi) is 6.03. The highest BCUT2D eigenvalue weighted by atomic mass is 19.1. The molecule has 1 fully saturated rings. The number of pyridine rings is 1. The van der Waals surface area contributed by atoms with Gasteiger partial charge in [0.2, 0.25) is 0 Å². The number of halogens is 1. The summed E-state index contributed by atoms with van der Waals surface area (Å²) >= 11 is 0. The first-order valence-corrected chi connectivity index (χ1v) is 11.6. The molecule has 3 aromatic rings. The number of ether oxygens (including phenoxy) is 1. The molecule has 0 N–H and O–H groups in total. The average Bonchev–Trinajstić information content (AvgIpc) is 3.24. The van der Waals surface area contributed by atoms with E-state index in [4.69, 9.17) is 9.73 Å². The van der Waals surface area contributed by atoms with Gasteiger partial charge < -0.3 is 4.74 Å². The molecule has 0 amide bonds. The van der Waals surface area contributed by atoms with Crippen molar-refractivity contribution < 1.29 is 13.9 Å². The summed E-state index contributed by atoms with van der Waals surface area (Å²) < 4.78 is 19.9. The predicted octanol–water partition coefficient (Wildman–Crippen LogP) is 6.09. The molecule has 0 radical (unpaired) electrons. The van der Waals surface area contributed by atoms with Crippen LogP contribution >= 0.6 is 0 Å². The van der Waals surface area contributed by atoms with Crippen molar-refractivity contribution in [3.05, 3.63) is 94.6 Å². The number of aliphatic imine (C=N–C) groups is 1. The summed E-state index contributed by atoms with van der Waals surface area (Å²) in [5, 5.41) is 0. The Morgan fingerprint density at radius 1 is 1.12 bits per heavy atom. The normalized spacial score (nSPS) is 19.6. The van der Waals surface area contributed by atoms with Gasteiger partial charge in [-0.05, 0) is 74.4 Å². The Balaban J connectivity index is 1.27. The van der Waals surface area contributed by atoms with Crippen molar-refractivity contribution in [3.8, 4) is 5.75 Å². The number of hydrogen-bond donors (Lipinski definition) is 0. The fourth-order valence-corrected chi connectivity index (χ4v) is 4.93. The summed E-state index contributed by atoms with van der Waals surface area (Å²) in [4.78, 5) is 22.2. The van der Waals surface area contributed by atoms with E-state index in [0.717, 1.165) is 59.3 Å². The quantitative estimate of drug-likeness (QED) is 0.434. The Labute approximate surface area is 193 Å². The number of ketones is 1. The molecule has 0 spiro atoms. The third-order valence-electron chi connectivity index (χ3n) is 6.60. The van der Waals surface area contributed by atoms with Crippen LogP contribution in [0.5, 0.6) is 5.75 Å². The van der Waals surface area contributed by atoms with E-state index < -0.39 is 0 Å². The molecule has 5 heteroatoms. The van der Waals surface area contributed by atoms with Crippen molar-refractivity contribution in [1.82, 2.24) is 4.98 Å². The Morgan fingerprint density at radius 3 is 2.85 bits per heavy atom. The first-order valence-electron chi connectivity index (χ1n) is 11.6. The smallest absolute Gasteiger partial charge is 0.165 e. The SMILES string of the molecule is Cc1cc(C2=NCc3ccc(C(=O)CC4CCCC(Oc5ccccc5F)C4)cc32)ccn1. The van der Waals surface area contributed by atoms with Gasteiger partial charge in [0.1, 0.15) is 0 Å². The summed E-state index contributed by atoms with van der Waals surface area (Å²) in [5.74, 6) is 0.348. The minimum atomic E-state index is -0.337. The van der Waals surface area contributed by atoms with Gasteiger partial charge in [0, 0.05) is 35.0 Å². The number of hydrogen-bond acceptors (Lipinski definition) is 4. The summed E-state index contributed by atoms with van der Waals surface area (Å²) in [6.45, 7) is 2.60. The second-order valence-corrected chi connectivity index (χ2v) is 9.05. The van der Waals surface area contributed by atoms with Crippen LogP contribution in [0.3, 0.4) is 0 Å². The molecular weight excluding hydrogens is 415 g/mol. The number of nitrogens with zero attached hydrogens (tertiary/aromatic N) is 2. The fourth-order valence-electron chi connectivity index (χ4n) is 4.93. The molecule has 1 saturated carbocycles. The number of carbonyl (C=O) groups excluding carboxylic acids is 1. The molecule has 1 aromatic heterocycles. The van der Waals surface area contributed by atoms with Crippen molar-refractivity contribution in [3.63, 3.8) is 0 Å². The molecule has 2 unspecified atom stereocenters. The van der Waals surface area contributed by atoms with Gasteiger partial charge in [-0.2, -0.15) is 0 Å². The van der Waals surface area contributed by atoms with E-state index in [1.165, 1.54) is 6.07 Å². The number of aromatic nitrogens is 1. The van der Waals surface area contributed by atoms with Gasteiger partial charge in [-0.3, -0.25) is 14.8 Å². The zero-order valence-electron chi connectivity index (χ0n) is 18.8. The molecular formula is C28H27FN2O2. The molecule has 2 atom stereocenters. The molecule has 5 rings (SSSR count). The third-order valence-corrected chi connectivity index (χ3v) is 6.60. The molecule has 2 aromatic carbocycles. The maximum atomic E-state index is 14.0. The van der Waals surface area contributed by atoms with Gasteiger partial charge in [0.05, 0.1) is 18.4 Å². The number of fused-ring (bicyclic) bond motifs is 1. The second kappa shape index (κ2) is 9.26. The van der Waals surface area contributed by atoms with Gasteiger partial charge in [-0.1, -0.05) is 24.3 Å². The molecule has 2 heterocycles. The number of para-hydroxylation sites is 1. The lowest BCUT2D eigenvalue weighted by Crippen LogP contribution is -2.27. The van der Waals surface area contributed by atoms with Gasteiger partial charge in [-0.25, -0.2) is 4.39 Å². The lowest BCUT2D eigenvalue weighted by molar-refractivity contribution is 0.0874. The highest BCUT2D eigenvalue weighted by Gasteiger charge is 2.27. The summed E-state index contributed by atoms with van der Waals surface area (Å²) in [6.07, 6.45) is 5.87. The minimum absolute atomic E-state index is 0.0536. The summed E-state index contributed by atoms with van der Waals surface area (Å²) in [6, 6.07) is 16.5. The maximum absolute atomic E-state index is 14.0. The third kappa shape index (κ3) is 4.72.